The predicted octanol–water partition coefficient (Wildman–Crippen LogP) is 1.21. The molecule has 2 amide bonds. The highest BCUT2D eigenvalue weighted by atomic mass is 19.1. The minimum absolute atomic E-state index is 0.00396. The third kappa shape index (κ3) is 2.66. The van der Waals surface area contributed by atoms with E-state index in [4.69, 9.17) is 5.73 Å². The number of halogens is 1. The number of likely N-dealkylation sites (tertiary alicyclic amines) is 1. The number of hydrogen-bond acceptors (Lipinski definition) is 3. The maximum absolute atomic E-state index is 13.9. The van der Waals surface area contributed by atoms with Gasteiger partial charge in [0.05, 0.1) is 17.7 Å². The molecular weight excluding hydrogens is 311 g/mol. The van der Waals surface area contributed by atoms with Crippen LogP contribution in [-0.4, -0.2) is 39.6 Å². The minimum atomic E-state index is -0.570. The molecule has 7 heteroatoms. The molecular formula is C17H19FN4O2. The molecule has 0 saturated carbocycles. The molecule has 1 aliphatic heterocycles. The Hall–Kier alpha value is -2.70. The zero-order chi connectivity index (χ0) is 17.4. The maximum atomic E-state index is 13.9. The van der Waals surface area contributed by atoms with Crippen LogP contribution in [0.3, 0.4) is 0 Å². The van der Waals surface area contributed by atoms with Gasteiger partial charge in [0.2, 0.25) is 5.91 Å². The van der Waals surface area contributed by atoms with Crippen molar-refractivity contribution in [1.82, 2.24) is 14.7 Å². The number of carbonyl (C=O) groups is 2. The second-order valence-corrected chi connectivity index (χ2v) is 6.11. The van der Waals surface area contributed by atoms with E-state index in [-0.39, 0.29) is 18.0 Å². The topological polar surface area (TPSA) is 81.2 Å². The SMILES string of the molecule is Cc1c([C@H]2CN(C(=O)c3ccccc3F)C[C@@H]2C(N)=O)cnn1C. The molecule has 24 heavy (non-hydrogen) atoms. The molecule has 1 aliphatic rings. The monoisotopic (exact) mass is 330 g/mol. The summed E-state index contributed by atoms with van der Waals surface area (Å²) in [5.41, 5.74) is 7.36. The zero-order valence-electron chi connectivity index (χ0n) is 13.6. The van der Waals surface area contributed by atoms with Gasteiger partial charge in [-0.1, -0.05) is 12.1 Å². The lowest BCUT2D eigenvalue weighted by atomic mass is 9.89. The summed E-state index contributed by atoms with van der Waals surface area (Å²) < 4.78 is 15.6. The number of primary amides is 1. The minimum Gasteiger partial charge on any atom is -0.369 e. The summed E-state index contributed by atoms with van der Waals surface area (Å²) in [6, 6.07) is 5.84. The summed E-state index contributed by atoms with van der Waals surface area (Å²) in [7, 11) is 1.81. The highest BCUT2D eigenvalue weighted by Gasteiger charge is 2.41. The molecule has 2 aromatic rings. The Balaban J connectivity index is 1.91. The number of amides is 2. The molecule has 0 spiro atoms. The average molecular weight is 330 g/mol. The highest BCUT2D eigenvalue weighted by Crippen LogP contribution is 2.35. The van der Waals surface area contributed by atoms with Crippen LogP contribution in [0, 0.1) is 18.7 Å². The summed E-state index contributed by atoms with van der Waals surface area (Å²) in [5, 5.41) is 4.20. The first kappa shape index (κ1) is 16.2. The highest BCUT2D eigenvalue weighted by molar-refractivity contribution is 5.95. The lowest BCUT2D eigenvalue weighted by molar-refractivity contribution is -0.121. The van der Waals surface area contributed by atoms with E-state index >= 15 is 0 Å². The van der Waals surface area contributed by atoms with E-state index in [9.17, 15) is 14.0 Å². The van der Waals surface area contributed by atoms with Gasteiger partial charge in [0.1, 0.15) is 5.82 Å². The van der Waals surface area contributed by atoms with E-state index in [2.05, 4.69) is 5.10 Å². The standard InChI is InChI=1S/C17H19FN4O2/c1-10-12(7-20-21(10)2)13-8-22(9-14(13)16(19)23)17(24)11-5-3-4-6-15(11)18/h3-7,13-14H,8-9H2,1-2H3,(H2,19,23)/t13-,14+/m1/s1. The molecule has 0 bridgehead atoms. The second-order valence-electron chi connectivity index (χ2n) is 6.11. The van der Waals surface area contributed by atoms with E-state index in [0.717, 1.165) is 11.3 Å². The molecule has 1 fully saturated rings. The normalized spacial score (nSPS) is 20.4. The van der Waals surface area contributed by atoms with Crippen molar-refractivity contribution in [1.29, 1.82) is 0 Å². The third-order valence-corrected chi connectivity index (χ3v) is 4.75. The summed E-state index contributed by atoms with van der Waals surface area (Å²) in [6.45, 7) is 2.40. The molecule has 0 aliphatic carbocycles. The van der Waals surface area contributed by atoms with Gasteiger partial charge in [-0.15, -0.1) is 0 Å². The van der Waals surface area contributed by atoms with E-state index in [1.807, 2.05) is 14.0 Å². The first-order valence-corrected chi connectivity index (χ1v) is 7.71. The largest absolute Gasteiger partial charge is 0.369 e. The van der Waals surface area contributed by atoms with Gasteiger partial charge in [0.25, 0.3) is 5.91 Å². The van der Waals surface area contributed by atoms with Crippen LogP contribution < -0.4 is 5.73 Å². The van der Waals surface area contributed by atoms with E-state index in [0.29, 0.717) is 6.54 Å². The van der Waals surface area contributed by atoms with Gasteiger partial charge in [0, 0.05) is 31.7 Å². The Morgan fingerprint density at radius 3 is 2.58 bits per heavy atom. The number of benzene rings is 1. The molecule has 6 nitrogen and oxygen atoms in total. The number of carbonyl (C=O) groups excluding carboxylic acids is 2. The van der Waals surface area contributed by atoms with Crippen molar-refractivity contribution in [3.05, 3.63) is 53.1 Å². The van der Waals surface area contributed by atoms with Crippen LogP contribution in [0.2, 0.25) is 0 Å². The zero-order valence-corrected chi connectivity index (χ0v) is 13.6. The molecule has 2 atom stereocenters. The summed E-state index contributed by atoms with van der Waals surface area (Å²) in [6.07, 6.45) is 1.70. The molecule has 2 N–H and O–H groups in total. The first-order chi connectivity index (χ1) is 11.4. The van der Waals surface area contributed by atoms with Crippen LogP contribution in [0.15, 0.2) is 30.5 Å². The van der Waals surface area contributed by atoms with Crippen molar-refractivity contribution in [2.75, 3.05) is 13.1 Å². The lowest BCUT2D eigenvalue weighted by Crippen LogP contribution is -2.32. The molecule has 126 valence electrons. The fourth-order valence-corrected chi connectivity index (χ4v) is 3.26. The maximum Gasteiger partial charge on any atom is 0.256 e. The van der Waals surface area contributed by atoms with Crippen molar-refractivity contribution in [3.8, 4) is 0 Å². The smallest absolute Gasteiger partial charge is 0.256 e. The Morgan fingerprint density at radius 2 is 2.00 bits per heavy atom. The van der Waals surface area contributed by atoms with E-state index < -0.39 is 23.5 Å². The number of hydrogen-bond donors (Lipinski definition) is 1. The Kier molecular flexibility index (Phi) is 4.09. The third-order valence-electron chi connectivity index (χ3n) is 4.75. The van der Waals surface area contributed by atoms with Gasteiger partial charge in [-0.2, -0.15) is 5.10 Å². The molecule has 0 unspecified atom stereocenters. The van der Waals surface area contributed by atoms with E-state index in [1.165, 1.54) is 23.1 Å². The Labute approximate surface area is 139 Å². The van der Waals surface area contributed by atoms with Gasteiger partial charge in [0.15, 0.2) is 0 Å². The summed E-state index contributed by atoms with van der Waals surface area (Å²) in [4.78, 5) is 26.0. The fourth-order valence-electron chi connectivity index (χ4n) is 3.26. The van der Waals surface area contributed by atoms with Gasteiger partial charge >= 0.3 is 0 Å². The van der Waals surface area contributed by atoms with Gasteiger partial charge in [-0.25, -0.2) is 4.39 Å². The van der Waals surface area contributed by atoms with Crippen LogP contribution in [0.25, 0.3) is 0 Å². The summed E-state index contributed by atoms with van der Waals surface area (Å²) in [5.74, 6) is -2.20. The number of aryl methyl sites for hydroxylation is 1. The van der Waals surface area contributed by atoms with Crippen molar-refractivity contribution >= 4 is 11.8 Å². The quantitative estimate of drug-likeness (QED) is 0.918. The van der Waals surface area contributed by atoms with Gasteiger partial charge in [-0.05, 0) is 24.6 Å². The molecule has 2 heterocycles. The first-order valence-electron chi connectivity index (χ1n) is 7.71. The molecule has 1 aromatic carbocycles. The Bertz CT molecular complexity index is 802. The molecule has 0 radical (unpaired) electrons. The molecule has 1 aromatic heterocycles. The molecule has 3 rings (SSSR count). The number of nitrogens with zero attached hydrogens (tertiary/aromatic N) is 3. The second kappa shape index (κ2) is 6.07. The number of aromatic nitrogens is 2. The molecule has 1 saturated heterocycles. The lowest BCUT2D eigenvalue weighted by Gasteiger charge is -2.16. The van der Waals surface area contributed by atoms with E-state index in [1.54, 1.807) is 16.9 Å². The van der Waals surface area contributed by atoms with Crippen LogP contribution in [-0.2, 0) is 11.8 Å². The fraction of sp³-hybridized carbons (Fsp3) is 0.353. The van der Waals surface area contributed by atoms with Crippen molar-refractivity contribution in [2.45, 2.75) is 12.8 Å². The Morgan fingerprint density at radius 1 is 1.29 bits per heavy atom. The van der Waals surface area contributed by atoms with Crippen LogP contribution in [0.5, 0.6) is 0 Å². The summed E-state index contributed by atoms with van der Waals surface area (Å²) >= 11 is 0. The van der Waals surface area contributed by atoms with Crippen LogP contribution in [0.4, 0.5) is 4.39 Å². The predicted molar refractivity (Wildman–Crippen MR) is 85.7 cm³/mol. The van der Waals surface area contributed by atoms with Crippen molar-refractivity contribution < 1.29 is 14.0 Å². The van der Waals surface area contributed by atoms with Crippen LogP contribution in [0.1, 0.15) is 27.5 Å². The van der Waals surface area contributed by atoms with Crippen molar-refractivity contribution in [2.24, 2.45) is 18.7 Å². The number of rotatable bonds is 3. The number of nitrogens with two attached hydrogens (primary N) is 1. The van der Waals surface area contributed by atoms with Crippen LogP contribution >= 0.6 is 0 Å². The average Bonchev–Trinajstić information content (AvgIpc) is 3.12. The van der Waals surface area contributed by atoms with Gasteiger partial charge < -0.3 is 10.6 Å². The van der Waals surface area contributed by atoms with Gasteiger partial charge in [-0.3, -0.25) is 14.3 Å². The van der Waals surface area contributed by atoms with Crippen molar-refractivity contribution in [3.63, 3.8) is 0 Å².